The molecule has 1 atom stereocenters. The van der Waals surface area contributed by atoms with Gasteiger partial charge in [0.15, 0.2) is 0 Å². The molecule has 2 heterocycles. The summed E-state index contributed by atoms with van der Waals surface area (Å²) in [6, 6.07) is 2.94. The molecule has 16 heavy (non-hydrogen) atoms. The molecule has 1 aromatic rings. The average Bonchev–Trinajstić information content (AvgIpc) is 2.65. The van der Waals surface area contributed by atoms with Crippen LogP contribution in [0.15, 0.2) is 23.2 Å². The fourth-order valence-corrected chi connectivity index (χ4v) is 3.90. The molecule has 0 amide bonds. The number of aromatic nitrogens is 1. The van der Waals surface area contributed by atoms with Gasteiger partial charge in [-0.05, 0) is 31.9 Å². The maximum Gasteiger partial charge on any atom is 0.243 e. The molecule has 0 aromatic carbocycles. The standard InChI is InChI=1S/C10H13ClN2O2S/c1-8-3-2-6-13(8)16(14,15)9-4-5-12-10(11)7-9/h4-5,7-8H,2-3,6H2,1H3. The summed E-state index contributed by atoms with van der Waals surface area (Å²) in [6.45, 7) is 2.51. The SMILES string of the molecule is CC1CCCN1S(=O)(=O)c1ccnc(Cl)c1. The number of hydrogen-bond donors (Lipinski definition) is 0. The van der Waals surface area contributed by atoms with Crippen molar-refractivity contribution in [2.75, 3.05) is 6.54 Å². The monoisotopic (exact) mass is 260 g/mol. The van der Waals surface area contributed by atoms with Gasteiger partial charge in [0.1, 0.15) is 5.15 Å². The highest BCUT2D eigenvalue weighted by atomic mass is 35.5. The quantitative estimate of drug-likeness (QED) is 0.764. The zero-order chi connectivity index (χ0) is 11.8. The maximum atomic E-state index is 12.2. The molecule has 1 saturated heterocycles. The molecule has 88 valence electrons. The molecule has 6 heteroatoms. The maximum absolute atomic E-state index is 12.2. The molecule has 1 fully saturated rings. The minimum absolute atomic E-state index is 0.0666. The van der Waals surface area contributed by atoms with E-state index in [4.69, 9.17) is 11.6 Å². The molecule has 1 aromatic heterocycles. The predicted octanol–water partition coefficient (Wildman–Crippen LogP) is 1.91. The van der Waals surface area contributed by atoms with E-state index in [1.54, 1.807) is 0 Å². The van der Waals surface area contributed by atoms with E-state index in [0.29, 0.717) is 6.54 Å². The molecule has 1 aliphatic rings. The van der Waals surface area contributed by atoms with Crippen molar-refractivity contribution in [1.82, 2.24) is 9.29 Å². The number of rotatable bonds is 2. The summed E-state index contributed by atoms with van der Waals surface area (Å²) in [4.78, 5) is 4.00. The summed E-state index contributed by atoms with van der Waals surface area (Å²) >= 11 is 5.70. The Morgan fingerprint density at radius 1 is 1.56 bits per heavy atom. The Balaban J connectivity index is 2.39. The Morgan fingerprint density at radius 2 is 2.31 bits per heavy atom. The zero-order valence-corrected chi connectivity index (χ0v) is 10.5. The normalized spacial score (nSPS) is 22.5. The topological polar surface area (TPSA) is 50.3 Å². The third kappa shape index (κ3) is 2.07. The third-order valence-electron chi connectivity index (χ3n) is 2.80. The van der Waals surface area contributed by atoms with Crippen LogP contribution in [0.1, 0.15) is 19.8 Å². The van der Waals surface area contributed by atoms with E-state index in [1.165, 1.54) is 22.6 Å². The first-order chi connectivity index (χ1) is 7.51. The number of nitrogens with zero attached hydrogens (tertiary/aromatic N) is 2. The molecule has 1 aliphatic heterocycles. The van der Waals surface area contributed by atoms with Crippen LogP contribution < -0.4 is 0 Å². The lowest BCUT2D eigenvalue weighted by Crippen LogP contribution is -2.33. The molecule has 2 rings (SSSR count). The first-order valence-electron chi connectivity index (χ1n) is 5.15. The molecule has 0 N–H and O–H groups in total. The summed E-state index contributed by atoms with van der Waals surface area (Å²) in [7, 11) is -3.40. The van der Waals surface area contributed by atoms with Gasteiger partial charge in [0.25, 0.3) is 0 Å². The molecule has 0 aliphatic carbocycles. The van der Waals surface area contributed by atoms with Crippen LogP contribution in [0, 0.1) is 0 Å². The van der Waals surface area contributed by atoms with Gasteiger partial charge in [-0.2, -0.15) is 4.31 Å². The van der Waals surface area contributed by atoms with Gasteiger partial charge in [-0.1, -0.05) is 11.6 Å². The van der Waals surface area contributed by atoms with Gasteiger partial charge in [-0.25, -0.2) is 13.4 Å². The first kappa shape index (κ1) is 11.8. The molecule has 0 radical (unpaired) electrons. The fourth-order valence-electron chi connectivity index (χ4n) is 1.94. The first-order valence-corrected chi connectivity index (χ1v) is 6.97. The third-order valence-corrected chi connectivity index (χ3v) is 5.01. The Bertz CT molecular complexity index is 489. The second-order valence-electron chi connectivity index (χ2n) is 3.92. The number of hydrogen-bond acceptors (Lipinski definition) is 3. The van der Waals surface area contributed by atoms with Crippen molar-refractivity contribution in [3.63, 3.8) is 0 Å². The van der Waals surface area contributed by atoms with Crippen molar-refractivity contribution in [2.45, 2.75) is 30.7 Å². The highest BCUT2D eigenvalue weighted by Gasteiger charge is 2.32. The fraction of sp³-hybridized carbons (Fsp3) is 0.500. The van der Waals surface area contributed by atoms with Crippen LogP contribution in [0.4, 0.5) is 0 Å². The van der Waals surface area contributed by atoms with E-state index in [-0.39, 0.29) is 16.1 Å². The van der Waals surface area contributed by atoms with Crippen LogP contribution in [0.25, 0.3) is 0 Å². The summed E-state index contributed by atoms with van der Waals surface area (Å²) in [5.74, 6) is 0. The second kappa shape index (κ2) is 4.31. The average molecular weight is 261 g/mol. The van der Waals surface area contributed by atoms with Crippen molar-refractivity contribution in [2.24, 2.45) is 0 Å². The van der Waals surface area contributed by atoms with Gasteiger partial charge >= 0.3 is 0 Å². The van der Waals surface area contributed by atoms with Crippen molar-refractivity contribution in [3.05, 3.63) is 23.5 Å². The lowest BCUT2D eigenvalue weighted by molar-refractivity contribution is 0.408. The van der Waals surface area contributed by atoms with Gasteiger partial charge in [0.05, 0.1) is 4.90 Å². The Hall–Kier alpha value is -0.650. The van der Waals surface area contributed by atoms with Crippen molar-refractivity contribution >= 4 is 21.6 Å². The van der Waals surface area contributed by atoms with Crippen LogP contribution in [0.3, 0.4) is 0 Å². The largest absolute Gasteiger partial charge is 0.244 e. The molecule has 0 spiro atoms. The minimum Gasteiger partial charge on any atom is -0.244 e. The van der Waals surface area contributed by atoms with Gasteiger partial charge in [0, 0.05) is 18.8 Å². The molecule has 4 nitrogen and oxygen atoms in total. The van der Waals surface area contributed by atoms with E-state index in [0.717, 1.165) is 12.8 Å². The Labute approximate surface area is 100 Å². The van der Waals surface area contributed by atoms with Crippen LogP contribution >= 0.6 is 11.6 Å². The minimum atomic E-state index is -3.40. The number of halogens is 1. The van der Waals surface area contributed by atoms with Crippen molar-refractivity contribution in [1.29, 1.82) is 0 Å². The molecule has 0 saturated carbocycles. The highest BCUT2D eigenvalue weighted by Crippen LogP contribution is 2.26. The second-order valence-corrected chi connectivity index (χ2v) is 6.20. The van der Waals surface area contributed by atoms with Gasteiger partial charge < -0.3 is 0 Å². The lowest BCUT2D eigenvalue weighted by Gasteiger charge is -2.20. The molecule has 1 unspecified atom stereocenters. The van der Waals surface area contributed by atoms with Crippen LogP contribution in [-0.2, 0) is 10.0 Å². The van der Waals surface area contributed by atoms with E-state index in [9.17, 15) is 8.42 Å². The van der Waals surface area contributed by atoms with Crippen molar-refractivity contribution < 1.29 is 8.42 Å². The van der Waals surface area contributed by atoms with Gasteiger partial charge in [0.2, 0.25) is 10.0 Å². The van der Waals surface area contributed by atoms with Gasteiger partial charge in [-0.3, -0.25) is 0 Å². The highest BCUT2D eigenvalue weighted by molar-refractivity contribution is 7.89. The van der Waals surface area contributed by atoms with E-state index >= 15 is 0 Å². The summed E-state index contributed by atoms with van der Waals surface area (Å²) < 4.78 is 26.0. The zero-order valence-electron chi connectivity index (χ0n) is 8.93. The molecular weight excluding hydrogens is 248 g/mol. The van der Waals surface area contributed by atoms with Crippen LogP contribution in [-0.4, -0.2) is 30.3 Å². The van der Waals surface area contributed by atoms with Gasteiger partial charge in [-0.15, -0.1) is 0 Å². The summed E-state index contributed by atoms with van der Waals surface area (Å²) in [5.41, 5.74) is 0. The number of sulfonamides is 1. The van der Waals surface area contributed by atoms with Crippen LogP contribution in [0.5, 0.6) is 0 Å². The molecular formula is C10H13ClN2O2S. The van der Waals surface area contributed by atoms with E-state index in [1.807, 2.05) is 6.92 Å². The van der Waals surface area contributed by atoms with E-state index in [2.05, 4.69) is 4.98 Å². The Kier molecular flexibility index (Phi) is 3.19. The smallest absolute Gasteiger partial charge is 0.243 e. The predicted molar refractivity (Wildman–Crippen MR) is 61.8 cm³/mol. The lowest BCUT2D eigenvalue weighted by atomic mass is 10.3. The van der Waals surface area contributed by atoms with Crippen LogP contribution in [0.2, 0.25) is 5.15 Å². The summed E-state index contributed by atoms with van der Waals surface area (Å²) in [5, 5.41) is 0.202. The Morgan fingerprint density at radius 3 is 2.88 bits per heavy atom. The van der Waals surface area contributed by atoms with Crippen molar-refractivity contribution in [3.8, 4) is 0 Å². The summed E-state index contributed by atoms with van der Waals surface area (Å²) in [6.07, 6.45) is 3.24. The van der Waals surface area contributed by atoms with E-state index < -0.39 is 10.0 Å². The number of pyridine rings is 1. The molecule has 0 bridgehead atoms.